The Morgan fingerprint density at radius 1 is 0.714 bits per heavy atom. The summed E-state index contributed by atoms with van der Waals surface area (Å²) in [5.74, 6) is 1.48. The molecular formula is C24H25O4. The third kappa shape index (κ3) is 4.03. The number of hydrogen-bond acceptors (Lipinski definition) is 4. The minimum atomic E-state index is -1.32. The largest absolute Gasteiger partial charge is 0.497 e. The summed E-state index contributed by atoms with van der Waals surface area (Å²) in [5.41, 5.74) is 1.98. The number of rotatable bonds is 8. The van der Waals surface area contributed by atoms with Crippen molar-refractivity contribution in [1.29, 1.82) is 0 Å². The van der Waals surface area contributed by atoms with Crippen molar-refractivity contribution >= 4 is 0 Å². The molecule has 3 rings (SSSR count). The van der Waals surface area contributed by atoms with E-state index in [4.69, 9.17) is 14.2 Å². The molecule has 0 aliphatic rings. The highest BCUT2D eigenvalue weighted by Crippen LogP contribution is 2.38. The molecule has 3 aromatic carbocycles. The average Bonchev–Trinajstić information content (AvgIpc) is 2.77. The van der Waals surface area contributed by atoms with Crippen LogP contribution in [-0.4, -0.2) is 25.9 Å². The van der Waals surface area contributed by atoms with Crippen molar-refractivity contribution in [1.82, 2.24) is 0 Å². The standard InChI is InChI=1S/C24H25O4/c1-4-28-17-18-5-7-19(8-6-18)24(25,20-9-13-22(26-2)14-10-20)21-11-15-23(27-3)16-12-21/h5-16,25H,1,4,17H2,2-3H3. The zero-order valence-electron chi connectivity index (χ0n) is 16.2. The highest BCUT2D eigenvalue weighted by atomic mass is 16.5. The number of ether oxygens (including phenoxy) is 3. The molecule has 4 nitrogen and oxygen atoms in total. The van der Waals surface area contributed by atoms with Crippen LogP contribution in [-0.2, 0) is 16.9 Å². The zero-order chi connectivity index (χ0) is 20.0. The van der Waals surface area contributed by atoms with Gasteiger partial charge in [-0.05, 0) is 53.4 Å². The van der Waals surface area contributed by atoms with Crippen molar-refractivity contribution in [3.8, 4) is 11.5 Å². The van der Waals surface area contributed by atoms with Gasteiger partial charge < -0.3 is 19.3 Å². The van der Waals surface area contributed by atoms with Gasteiger partial charge in [-0.25, -0.2) is 0 Å². The number of benzene rings is 3. The summed E-state index contributed by atoms with van der Waals surface area (Å²) in [6, 6.07) is 22.7. The van der Waals surface area contributed by atoms with E-state index >= 15 is 0 Å². The van der Waals surface area contributed by atoms with Crippen molar-refractivity contribution in [2.75, 3.05) is 20.8 Å². The van der Waals surface area contributed by atoms with E-state index in [9.17, 15) is 5.11 Å². The van der Waals surface area contributed by atoms with Crippen LogP contribution in [0.3, 0.4) is 0 Å². The zero-order valence-corrected chi connectivity index (χ0v) is 16.2. The Labute approximate surface area is 166 Å². The monoisotopic (exact) mass is 377 g/mol. The third-order valence-electron chi connectivity index (χ3n) is 4.80. The van der Waals surface area contributed by atoms with E-state index in [-0.39, 0.29) is 0 Å². The molecule has 0 bridgehead atoms. The van der Waals surface area contributed by atoms with Crippen molar-refractivity contribution in [3.05, 3.63) is 102 Å². The first-order valence-corrected chi connectivity index (χ1v) is 9.09. The fourth-order valence-electron chi connectivity index (χ4n) is 3.20. The topological polar surface area (TPSA) is 47.9 Å². The molecule has 0 spiro atoms. The van der Waals surface area contributed by atoms with E-state index in [2.05, 4.69) is 6.92 Å². The molecule has 1 N–H and O–H groups in total. The predicted octanol–water partition coefficient (Wildman–Crippen LogP) is 4.34. The van der Waals surface area contributed by atoms with Crippen LogP contribution in [0, 0.1) is 6.92 Å². The van der Waals surface area contributed by atoms with Crippen molar-refractivity contribution < 1.29 is 19.3 Å². The predicted molar refractivity (Wildman–Crippen MR) is 110 cm³/mol. The van der Waals surface area contributed by atoms with Crippen LogP contribution in [0.25, 0.3) is 0 Å². The first kappa shape index (κ1) is 19.9. The average molecular weight is 377 g/mol. The maximum atomic E-state index is 11.9. The molecule has 1 radical (unpaired) electrons. The molecule has 0 aliphatic heterocycles. The summed E-state index contributed by atoms with van der Waals surface area (Å²) in [6.07, 6.45) is 0. The van der Waals surface area contributed by atoms with Crippen LogP contribution in [0.15, 0.2) is 72.8 Å². The van der Waals surface area contributed by atoms with Gasteiger partial charge in [0.25, 0.3) is 0 Å². The van der Waals surface area contributed by atoms with E-state index in [0.29, 0.717) is 13.2 Å². The minimum absolute atomic E-state index is 0.420. The van der Waals surface area contributed by atoms with Gasteiger partial charge in [0.05, 0.1) is 20.8 Å². The Bertz CT molecular complexity index is 820. The first-order valence-electron chi connectivity index (χ1n) is 9.09. The second-order valence-corrected chi connectivity index (χ2v) is 6.42. The summed E-state index contributed by atoms with van der Waals surface area (Å²) in [6.45, 7) is 4.60. The van der Waals surface area contributed by atoms with Gasteiger partial charge in [-0.15, -0.1) is 0 Å². The second-order valence-electron chi connectivity index (χ2n) is 6.42. The molecule has 0 aliphatic carbocycles. The number of methoxy groups -OCH3 is 2. The summed E-state index contributed by atoms with van der Waals surface area (Å²) >= 11 is 0. The molecule has 0 amide bonds. The fourth-order valence-corrected chi connectivity index (χ4v) is 3.20. The normalized spacial score (nSPS) is 11.3. The summed E-state index contributed by atoms with van der Waals surface area (Å²) in [4.78, 5) is 0. The lowest BCUT2D eigenvalue weighted by Crippen LogP contribution is -2.28. The van der Waals surface area contributed by atoms with Crippen LogP contribution in [0.4, 0.5) is 0 Å². The molecule has 3 aromatic rings. The smallest absolute Gasteiger partial charge is 0.140 e. The maximum Gasteiger partial charge on any atom is 0.140 e. The van der Waals surface area contributed by atoms with Gasteiger partial charge in [0.1, 0.15) is 17.1 Å². The molecule has 145 valence electrons. The molecule has 0 saturated heterocycles. The van der Waals surface area contributed by atoms with Crippen LogP contribution >= 0.6 is 0 Å². The number of aliphatic hydroxyl groups is 1. The van der Waals surface area contributed by atoms with Crippen molar-refractivity contribution in [3.63, 3.8) is 0 Å². The van der Waals surface area contributed by atoms with Crippen LogP contribution in [0.2, 0.25) is 0 Å². The van der Waals surface area contributed by atoms with Crippen molar-refractivity contribution in [2.45, 2.75) is 12.2 Å². The van der Waals surface area contributed by atoms with Gasteiger partial charge >= 0.3 is 0 Å². The van der Waals surface area contributed by atoms with Crippen LogP contribution in [0.1, 0.15) is 22.3 Å². The Morgan fingerprint density at radius 3 is 1.46 bits per heavy atom. The Kier molecular flexibility index (Phi) is 6.34. The van der Waals surface area contributed by atoms with Gasteiger partial charge in [-0.1, -0.05) is 48.5 Å². The molecular weight excluding hydrogens is 352 g/mol. The van der Waals surface area contributed by atoms with E-state index in [1.807, 2.05) is 72.8 Å². The van der Waals surface area contributed by atoms with Gasteiger partial charge in [0.15, 0.2) is 0 Å². The number of hydrogen-bond donors (Lipinski definition) is 1. The summed E-state index contributed by atoms with van der Waals surface area (Å²) < 4.78 is 15.9. The van der Waals surface area contributed by atoms with E-state index < -0.39 is 5.60 Å². The molecule has 4 heteroatoms. The molecule has 0 atom stereocenters. The molecule has 28 heavy (non-hydrogen) atoms. The Balaban J connectivity index is 2.07. The lowest BCUT2D eigenvalue weighted by molar-refractivity contribution is 0.125. The quantitative estimate of drug-likeness (QED) is 0.593. The second kappa shape index (κ2) is 8.91. The fraction of sp³-hybridized carbons (Fsp3) is 0.208. The SMILES string of the molecule is [CH2]COCc1ccc(C(O)(c2ccc(OC)cc2)c2ccc(OC)cc2)cc1. The molecule has 0 fully saturated rings. The van der Waals surface area contributed by atoms with E-state index in [0.717, 1.165) is 33.8 Å². The van der Waals surface area contributed by atoms with Crippen molar-refractivity contribution in [2.24, 2.45) is 0 Å². The van der Waals surface area contributed by atoms with E-state index in [1.165, 1.54) is 0 Å². The highest BCUT2D eigenvalue weighted by molar-refractivity contribution is 5.49. The lowest BCUT2D eigenvalue weighted by Gasteiger charge is -2.30. The Hall–Kier alpha value is -2.82. The molecule has 0 saturated carbocycles. The van der Waals surface area contributed by atoms with Gasteiger partial charge in [-0.2, -0.15) is 0 Å². The van der Waals surface area contributed by atoms with Gasteiger partial charge in [0, 0.05) is 6.61 Å². The van der Waals surface area contributed by atoms with Crippen LogP contribution in [0.5, 0.6) is 11.5 Å². The summed E-state index contributed by atoms with van der Waals surface area (Å²) in [5, 5.41) is 11.9. The third-order valence-corrected chi connectivity index (χ3v) is 4.80. The van der Waals surface area contributed by atoms with Gasteiger partial charge in [-0.3, -0.25) is 0 Å². The summed E-state index contributed by atoms with van der Waals surface area (Å²) in [7, 11) is 3.24. The maximum absolute atomic E-state index is 11.9. The lowest BCUT2D eigenvalue weighted by atomic mass is 9.80. The Morgan fingerprint density at radius 2 is 1.11 bits per heavy atom. The molecule has 0 unspecified atom stereocenters. The highest BCUT2D eigenvalue weighted by Gasteiger charge is 2.34. The molecule has 0 heterocycles. The minimum Gasteiger partial charge on any atom is -0.497 e. The van der Waals surface area contributed by atoms with E-state index in [1.54, 1.807) is 14.2 Å². The van der Waals surface area contributed by atoms with Crippen LogP contribution < -0.4 is 9.47 Å². The first-order chi connectivity index (χ1) is 13.6. The molecule has 0 aromatic heterocycles. The van der Waals surface area contributed by atoms with Gasteiger partial charge in [0.2, 0.25) is 0 Å².